The number of fused-ring (bicyclic) bond motifs is 1. The third-order valence-electron chi connectivity index (χ3n) is 4.75. The van der Waals surface area contributed by atoms with Crippen LogP contribution in [0.15, 0.2) is 53.8 Å². The summed E-state index contributed by atoms with van der Waals surface area (Å²) < 4.78 is 0.294. The smallest absolute Gasteiger partial charge is 0.290 e. The molecule has 4 rings (SSSR count). The van der Waals surface area contributed by atoms with Crippen molar-refractivity contribution < 1.29 is 9.90 Å². The van der Waals surface area contributed by atoms with Gasteiger partial charge in [0, 0.05) is 21.9 Å². The molecule has 136 valence electrons. The predicted molar refractivity (Wildman–Crippen MR) is 106 cm³/mol. The van der Waals surface area contributed by atoms with Crippen LogP contribution in [-0.4, -0.2) is 26.3 Å². The van der Waals surface area contributed by atoms with Crippen molar-refractivity contribution in [1.29, 1.82) is 5.26 Å². The highest BCUT2D eigenvalue weighted by molar-refractivity contribution is 8.00. The van der Waals surface area contributed by atoms with E-state index in [2.05, 4.69) is 29.0 Å². The third kappa shape index (κ3) is 3.93. The Labute approximate surface area is 162 Å². The van der Waals surface area contributed by atoms with Gasteiger partial charge in [0.15, 0.2) is 0 Å². The molecule has 1 aromatic heterocycles. The van der Waals surface area contributed by atoms with Gasteiger partial charge in [0.2, 0.25) is 0 Å². The van der Waals surface area contributed by atoms with Gasteiger partial charge in [0.05, 0.1) is 22.2 Å². The molecule has 0 spiro atoms. The minimum absolute atomic E-state index is 0.250. The van der Waals surface area contributed by atoms with Crippen molar-refractivity contribution in [3.8, 4) is 17.3 Å². The molecule has 5 nitrogen and oxygen atoms in total. The molecule has 3 aromatic rings. The largest absolute Gasteiger partial charge is 0.483 e. The number of benzene rings is 2. The summed E-state index contributed by atoms with van der Waals surface area (Å²) in [5.74, 6) is 0. The van der Waals surface area contributed by atoms with Crippen LogP contribution in [0.3, 0.4) is 0 Å². The van der Waals surface area contributed by atoms with Gasteiger partial charge in [-0.15, -0.1) is 11.8 Å². The van der Waals surface area contributed by atoms with E-state index in [4.69, 9.17) is 9.90 Å². The van der Waals surface area contributed by atoms with Crippen molar-refractivity contribution in [2.45, 2.75) is 35.8 Å². The summed E-state index contributed by atoms with van der Waals surface area (Å²) in [5, 5.41) is 18.3. The van der Waals surface area contributed by atoms with Crippen LogP contribution < -0.4 is 0 Å². The first kappa shape index (κ1) is 18.9. The number of aromatic nitrogens is 2. The minimum atomic E-state index is -0.250. The summed E-state index contributed by atoms with van der Waals surface area (Å²) in [4.78, 5) is 18.3. The molecule has 1 aliphatic carbocycles. The molecule has 1 N–H and O–H groups in total. The first-order valence-corrected chi connectivity index (χ1v) is 9.42. The molecule has 0 atom stereocenters. The van der Waals surface area contributed by atoms with Crippen LogP contribution in [-0.2, 0) is 4.79 Å². The van der Waals surface area contributed by atoms with Gasteiger partial charge < -0.3 is 5.11 Å². The standard InChI is InChI=1S/C20H17N3S.CH2O2/c1-20(9-4-10-20)24-18-12-22-13-23-19(18)17-8-7-14(11-21)15-5-2-3-6-16(15)17;2-1-3/h2-3,5-8,12-13H,4,9-10H2,1H3;1H,(H,2,3). The van der Waals surface area contributed by atoms with Gasteiger partial charge in [-0.3, -0.25) is 4.79 Å². The van der Waals surface area contributed by atoms with Gasteiger partial charge in [0.25, 0.3) is 6.47 Å². The second-order valence-electron chi connectivity index (χ2n) is 6.56. The Morgan fingerprint density at radius 2 is 1.93 bits per heavy atom. The van der Waals surface area contributed by atoms with Gasteiger partial charge in [-0.2, -0.15) is 5.26 Å². The van der Waals surface area contributed by atoms with Crippen molar-refractivity contribution >= 4 is 29.0 Å². The second-order valence-corrected chi connectivity index (χ2v) is 8.19. The number of thioether (sulfide) groups is 1. The van der Waals surface area contributed by atoms with Gasteiger partial charge in [-0.25, -0.2) is 9.97 Å². The molecular weight excluding hydrogens is 358 g/mol. The summed E-state index contributed by atoms with van der Waals surface area (Å²) in [6.07, 6.45) is 7.30. The fourth-order valence-electron chi connectivity index (χ4n) is 3.24. The number of rotatable bonds is 3. The number of carbonyl (C=O) groups is 1. The molecule has 1 aliphatic rings. The molecule has 2 aromatic carbocycles. The number of nitriles is 1. The van der Waals surface area contributed by atoms with E-state index in [1.54, 1.807) is 6.33 Å². The molecule has 0 radical (unpaired) electrons. The lowest BCUT2D eigenvalue weighted by molar-refractivity contribution is -0.122. The average Bonchev–Trinajstić information content (AvgIpc) is 2.67. The fraction of sp³-hybridized carbons (Fsp3) is 0.238. The van der Waals surface area contributed by atoms with Crippen LogP contribution in [0.5, 0.6) is 0 Å². The zero-order valence-electron chi connectivity index (χ0n) is 14.9. The predicted octanol–water partition coefficient (Wildman–Crippen LogP) is 4.90. The summed E-state index contributed by atoms with van der Waals surface area (Å²) in [6, 6.07) is 14.2. The highest BCUT2D eigenvalue weighted by Gasteiger charge is 2.34. The topological polar surface area (TPSA) is 86.9 Å². The van der Waals surface area contributed by atoms with Crippen molar-refractivity contribution in [3.63, 3.8) is 0 Å². The van der Waals surface area contributed by atoms with Gasteiger partial charge in [-0.1, -0.05) is 43.7 Å². The SMILES string of the molecule is CC1(Sc2cncnc2-c2ccc(C#N)c3ccccc23)CCC1.O=CO. The molecule has 1 heterocycles. The molecule has 6 heteroatoms. The first-order valence-electron chi connectivity index (χ1n) is 8.61. The molecular formula is C21H19N3O2S. The highest BCUT2D eigenvalue weighted by Crippen LogP contribution is 2.49. The Morgan fingerprint density at radius 1 is 1.22 bits per heavy atom. The summed E-state index contributed by atoms with van der Waals surface area (Å²) in [7, 11) is 0. The number of nitrogens with zero attached hydrogens (tertiary/aromatic N) is 3. The zero-order chi connectivity index (χ0) is 19.3. The van der Waals surface area contributed by atoms with E-state index in [1.807, 2.05) is 48.3 Å². The molecule has 27 heavy (non-hydrogen) atoms. The maximum atomic E-state index is 9.36. The Kier molecular flexibility index (Phi) is 5.72. The average molecular weight is 377 g/mol. The van der Waals surface area contributed by atoms with Crippen LogP contribution in [0, 0.1) is 11.3 Å². The third-order valence-corrected chi connectivity index (χ3v) is 6.17. The van der Waals surface area contributed by atoms with Gasteiger partial charge >= 0.3 is 0 Å². The normalized spacial score (nSPS) is 14.4. The van der Waals surface area contributed by atoms with Gasteiger partial charge in [0.1, 0.15) is 6.33 Å². The van der Waals surface area contributed by atoms with E-state index in [0.29, 0.717) is 10.3 Å². The van der Waals surface area contributed by atoms with Crippen molar-refractivity contribution in [1.82, 2.24) is 9.97 Å². The molecule has 0 bridgehead atoms. The number of carboxylic acid groups (broad SMARTS) is 1. The lowest BCUT2D eigenvalue weighted by Gasteiger charge is -2.37. The Hall–Kier alpha value is -2.91. The molecule has 0 saturated heterocycles. The van der Waals surface area contributed by atoms with E-state index < -0.39 is 0 Å². The van der Waals surface area contributed by atoms with E-state index in [9.17, 15) is 5.26 Å². The Balaban J connectivity index is 0.000000659. The van der Waals surface area contributed by atoms with Crippen molar-refractivity contribution in [2.75, 3.05) is 0 Å². The minimum Gasteiger partial charge on any atom is -0.483 e. The molecule has 1 saturated carbocycles. The van der Waals surface area contributed by atoms with Crippen LogP contribution in [0.4, 0.5) is 0 Å². The number of hydrogen-bond donors (Lipinski definition) is 1. The van der Waals surface area contributed by atoms with Crippen LogP contribution in [0.2, 0.25) is 0 Å². The summed E-state index contributed by atoms with van der Waals surface area (Å²) in [5.41, 5.74) is 2.73. The Morgan fingerprint density at radius 3 is 2.56 bits per heavy atom. The molecule has 0 amide bonds. The maximum absolute atomic E-state index is 9.36. The summed E-state index contributed by atoms with van der Waals surface area (Å²) >= 11 is 1.88. The second kappa shape index (κ2) is 8.19. The van der Waals surface area contributed by atoms with Crippen LogP contribution in [0.25, 0.3) is 22.0 Å². The maximum Gasteiger partial charge on any atom is 0.290 e. The van der Waals surface area contributed by atoms with Gasteiger partial charge in [-0.05, 0) is 24.3 Å². The Bertz CT molecular complexity index is 1010. The van der Waals surface area contributed by atoms with E-state index >= 15 is 0 Å². The van der Waals surface area contributed by atoms with E-state index in [0.717, 1.165) is 26.9 Å². The fourth-order valence-corrected chi connectivity index (χ4v) is 4.64. The highest BCUT2D eigenvalue weighted by atomic mass is 32.2. The molecule has 1 fully saturated rings. The quantitative estimate of drug-likeness (QED) is 0.653. The monoisotopic (exact) mass is 377 g/mol. The van der Waals surface area contributed by atoms with E-state index in [-0.39, 0.29) is 6.47 Å². The number of hydrogen-bond acceptors (Lipinski definition) is 5. The zero-order valence-corrected chi connectivity index (χ0v) is 15.7. The van der Waals surface area contributed by atoms with Crippen molar-refractivity contribution in [3.05, 3.63) is 54.5 Å². The first-order chi connectivity index (χ1) is 13.1. The van der Waals surface area contributed by atoms with Crippen LogP contribution in [0.1, 0.15) is 31.7 Å². The lowest BCUT2D eigenvalue weighted by Crippen LogP contribution is -2.28. The molecule has 0 unspecified atom stereocenters. The summed E-state index contributed by atoms with van der Waals surface area (Å²) in [6.45, 7) is 2.06. The van der Waals surface area contributed by atoms with Crippen LogP contribution >= 0.6 is 11.8 Å². The molecule has 0 aliphatic heterocycles. The van der Waals surface area contributed by atoms with E-state index in [1.165, 1.54) is 19.3 Å². The lowest BCUT2D eigenvalue weighted by atomic mass is 9.86. The van der Waals surface area contributed by atoms with Crippen molar-refractivity contribution in [2.24, 2.45) is 0 Å².